The number of carbonyl (C=O) groups is 3. The average Bonchev–Trinajstić information content (AvgIpc) is 2.80. The van der Waals surface area contributed by atoms with E-state index in [1.807, 2.05) is 24.3 Å². The summed E-state index contributed by atoms with van der Waals surface area (Å²) in [6.45, 7) is 2.77. The van der Waals surface area contributed by atoms with Crippen molar-refractivity contribution in [3.8, 4) is 5.75 Å². The van der Waals surface area contributed by atoms with Gasteiger partial charge in [0, 0.05) is 18.7 Å². The summed E-state index contributed by atoms with van der Waals surface area (Å²) in [5, 5.41) is 0. The minimum atomic E-state index is -0.711. The third-order valence-corrected chi connectivity index (χ3v) is 5.65. The predicted octanol–water partition coefficient (Wildman–Crippen LogP) is 3.29. The van der Waals surface area contributed by atoms with Crippen LogP contribution in [0.25, 0.3) is 0 Å². The van der Waals surface area contributed by atoms with Gasteiger partial charge >= 0.3 is 5.97 Å². The smallest absolute Gasteiger partial charge is 0.312 e. The standard InChI is InChI=1S/C24H27NO5/c1-3-30-23(28)24(17-18-9-11-20(29-2)12-10-18)13-15-25(16-14-24)22(27)21(26)19-7-5-4-6-8-19/h4-12H,3,13-17H2,1-2H3. The molecule has 1 fully saturated rings. The number of amides is 1. The van der Waals surface area contributed by atoms with Crippen LogP contribution in [0.4, 0.5) is 0 Å². The first-order valence-electron chi connectivity index (χ1n) is 10.2. The van der Waals surface area contributed by atoms with Gasteiger partial charge in [0.25, 0.3) is 5.91 Å². The third-order valence-electron chi connectivity index (χ3n) is 5.65. The highest BCUT2D eigenvalue weighted by Crippen LogP contribution is 2.37. The Morgan fingerprint density at radius 3 is 2.17 bits per heavy atom. The van der Waals surface area contributed by atoms with E-state index >= 15 is 0 Å². The number of Topliss-reactive ketones (excluding diaryl/α,β-unsaturated/α-hetero) is 1. The summed E-state index contributed by atoms with van der Waals surface area (Å²) in [5.41, 5.74) is 0.670. The summed E-state index contributed by atoms with van der Waals surface area (Å²) in [6, 6.07) is 16.2. The molecule has 0 N–H and O–H groups in total. The number of nitrogens with zero attached hydrogens (tertiary/aromatic N) is 1. The van der Waals surface area contributed by atoms with E-state index in [0.717, 1.165) is 11.3 Å². The molecule has 1 heterocycles. The fourth-order valence-electron chi connectivity index (χ4n) is 3.87. The number of benzene rings is 2. The number of ether oxygens (including phenoxy) is 2. The maximum atomic E-state index is 12.9. The monoisotopic (exact) mass is 409 g/mol. The van der Waals surface area contributed by atoms with Crippen LogP contribution in [0.5, 0.6) is 5.75 Å². The number of likely N-dealkylation sites (tertiary alicyclic amines) is 1. The first-order chi connectivity index (χ1) is 14.5. The van der Waals surface area contributed by atoms with Crippen LogP contribution in [0.15, 0.2) is 54.6 Å². The summed E-state index contributed by atoms with van der Waals surface area (Å²) in [6.07, 6.45) is 1.42. The van der Waals surface area contributed by atoms with E-state index in [1.165, 1.54) is 0 Å². The van der Waals surface area contributed by atoms with Gasteiger partial charge in [0.2, 0.25) is 5.78 Å². The van der Waals surface area contributed by atoms with Crippen LogP contribution in [0.3, 0.4) is 0 Å². The van der Waals surface area contributed by atoms with Crippen LogP contribution in [-0.2, 0) is 20.7 Å². The second-order valence-corrected chi connectivity index (χ2v) is 7.51. The van der Waals surface area contributed by atoms with Gasteiger partial charge in [0.15, 0.2) is 0 Å². The second kappa shape index (κ2) is 9.57. The van der Waals surface area contributed by atoms with E-state index in [9.17, 15) is 14.4 Å². The molecule has 0 spiro atoms. The van der Waals surface area contributed by atoms with E-state index in [1.54, 1.807) is 49.3 Å². The van der Waals surface area contributed by atoms with Gasteiger partial charge in [-0.2, -0.15) is 0 Å². The van der Waals surface area contributed by atoms with Gasteiger partial charge in [-0.25, -0.2) is 0 Å². The second-order valence-electron chi connectivity index (χ2n) is 7.51. The minimum absolute atomic E-state index is 0.248. The molecule has 0 aliphatic carbocycles. The zero-order valence-electron chi connectivity index (χ0n) is 17.4. The minimum Gasteiger partial charge on any atom is -0.497 e. The van der Waals surface area contributed by atoms with Crippen molar-refractivity contribution >= 4 is 17.7 Å². The molecule has 30 heavy (non-hydrogen) atoms. The molecule has 0 radical (unpaired) electrons. The Kier molecular flexibility index (Phi) is 6.87. The Morgan fingerprint density at radius 2 is 1.60 bits per heavy atom. The lowest BCUT2D eigenvalue weighted by Crippen LogP contribution is -2.49. The van der Waals surface area contributed by atoms with Crippen molar-refractivity contribution in [3.63, 3.8) is 0 Å². The van der Waals surface area contributed by atoms with Gasteiger partial charge in [-0.1, -0.05) is 42.5 Å². The third kappa shape index (κ3) is 4.70. The molecule has 0 bridgehead atoms. The molecule has 0 unspecified atom stereocenters. The fourth-order valence-corrected chi connectivity index (χ4v) is 3.87. The number of esters is 1. The van der Waals surface area contributed by atoms with Crippen molar-refractivity contribution in [3.05, 3.63) is 65.7 Å². The summed E-state index contributed by atoms with van der Waals surface area (Å²) < 4.78 is 10.6. The number of hydrogen-bond donors (Lipinski definition) is 0. The van der Waals surface area contributed by atoms with E-state index < -0.39 is 17.1 Å². The molecule has 1 aliphatic rings. The van der Waals surface area contributed by atoms with Crippen molar-refractivity contribution in [2.45, 2.75) is 26.2 Å². The number of methoxy groups -OCH3 is 1. The molecule has 0 aromatic heterocycles. The Labute approximate surface area is 176 Å². The van der Waals surface area contributed by atoms with Crippen LogP contribution in [-0.4, -0.2) is 49.4 Å². The molecule has 6 nitrogen and oxygen atoms in total. The fraction of sp³-hybridized carbons (Fsp3) is 0.375. The Hall–Kier alpha value is -3.15. The van der Waals surface area contributed by atoms with Crippen molar-refractivity contribution in [2.24, 2.45) is 5.41 Å². The maximum Gasteiger partial charge on any atom is 0.312 e. The first kappa shape index (κ1) is 21.6. The van der Waals surface area contributed by atoms with Gasteiger partial charge < -0.3 is 14.4 Å². The number of ketones is 1. The first-order valence-corrected chi connectivity index (χ1v) is 10.2. The predicted molar refractivity (Wildman–Crippen MR) is 112 cm³/mol. The molecule has 1 aliphatic heterocycles. The largest absolute Gasteiger partial charge is 0.497 e. The molecule has 1 amide bonds. The van der Waals surface area contributed by atoms with Crippen molar-refractivity contribution < 1.29 is 23.9 Å². The van der Waals surface area contributed by atoms with Crippen LogP contribution in [0.1, 0.15) is 35.7 Å². The van der Waals surface area contributed by atoms with Crippen molar-refractivity contribution in [1.29, 1.82) is 0 Å². The Morgan fingerprint density at radius 1 is 0.967 bits per heavy atom. The zero-order valence-corrected chi connectivity index (χ0v) is 17.4. The van der Waals surface area contributed by atoms with Crippen molar-refractivity contribution in [2.75, 3.05) is 26.8 Å². The molecule has 1 saturated heterocycles. The molecule has 2 aromatic rings. The lowest BCUT2D eigenvalue weighted by molar-refractivity contribution is -0.159. The summed E-state index contributed by atoms with van der Waals surface area (Å²) >= 11 is 0. The van der Waals surface area contributed by atoms with Crippen molar-refractivity contribution in [1.82, 2.24) is 4.90 Å². The molecule has 2 aromatic carbocycles. The summed E-state index contributed by atoms with van der Waals surface area (Å²) in [4.78, 5) is 39.6. The zero-order chi connectivity index (χ0) is 21.6. The topological polar surface area (TPSA) is 72.9 Å². The summed E-state index contributed by atoms with van der Waals surface area (Å²) in [5.74, 6) is -0.538. The Balaban J connectivity index is 1.73. The highest BCUT2D eigenvalue weighted by atomic mass is 16.5. The van der Waals surface area contributed by atoms with Crippen LogP contribution in [0, 0.1) is 5.41 Å². The highest BCUT2D eigenvalue weighted by Gasteiger charge is 2.44. The van der Waals surface area contributed by atoms with E-state index in [2.05, 4.69) is 0 Å². The Bertz CT molecular complexity index is 884. The van der Waals surface area contributed by atoms with Crippen LogP contribution >= 0.6 is 0 Å². The lowest BCUT2D eigenvalue weighted by Gasteiger charge is -2.39. The van der Waals surface area contributed by atoms with Gasteiger partial charge in [-0.3, -0.25) is 14.4 Å². The van der Waals surface area contributed by atoms with Gasteiger partial charge in [-0.05, 0) is 43.9 Å². The van der Waals surface area contributed by atoms with Crippen LogP contribution < -0.4 is 4.74 Å². The van der Waals surface area contributed by atoms with E-state index in [0.29, 0.717) is 44.5 Å². The molecule has 158 valence electrons. The number of hydrogen-bond acceptors (Lipinski definition) is 5. The molecular formula is C24H27NO5. The van der Waals surface area contributed by atoms with Crippen LogP contribution in [0.2, 0.25) is 0 Å². The number of piperidine rings is 1. The van der Waals surface area contributed by atoms with Gasteiger partial charge in [0.05, 0.1) is 19.1 Å². The van der Waals surface area contributed by atoms with Gasteiger partial charge in [0.1, 0.15) is 5.75 Å². The number of carbonyl (C=O) groups excluding carboxylic acids is 3. The highest BCUT2D eigenvalue weighted by molar-refractivity contribution is 6.42. The normalized spacial score (nSPS) is 15.3. The van der Waals surface area contributed by atoms with E-state index in [4.69, 9.17) is 9.47 Å². The molecule has 0 saturated carbocycles. The van der Waals surface area contributed by atoms with E-state index in [-0.39, 0.29) is 5.97 Å². The molecule has 3 rings (SSSR count). The quantitative estimate of drug-likeness (QED) is 0.399. The molecule has 6 heteroatoms. The molecule has 0 atom stereocenters. The lowest BCUT2D eigenvalue weighted by atomic mass is 9.73. The average molecular weight is 409 g/mol. The molecular weight excluding hydrogens is 382 g/mol. The number of rotatable bonds is 7. The van der Waals surface area contributed by atoms with Gasteiger partial charge in [-0.15, -0.1) is 0 Å². The maximum absolute atomic E-state index is 12.9. The summed E-state index contributed by atoms with van der Waals surface area (Å²) in [7, 11) is 1.61. The SMILES string of the molecule is CCOC(=O)C1(Cc2ccc(OC)cc2)CCN(C(=O)C(=O)c2ccccc2)CC1.